The van der Waals surface area contributed by atoms with E-state index in [0.717, 1.165) is 5.56 Å². The fourth-order valence-electron chi connectivity index (χ4n) is 1.28. The summed E-state index contributed by atoms with van der Waals surface area (Å²) in [4.78, 5) is 14.8. The van der Waals surface area contributed by atoms with E-state index in [-0.39, 0.29) is 5.69 Å². The van der Waals surface area contributed by atoms with Crippen molar-refractivity contribution in [2.24, 2.45) is 5.73 Å². The number of aromatic nitrogens is 1. The summed E-state index contributed by atoms with van der Waals surface area (Å²) in [6, 6.07) is 0. The van der Waals surface area contributed by atoms with E-state index >= 15 is 0 Å². The molecule has 0 saturated carbocycles. The molecule has 0 spiro atoms. The predicted molar refractivity (Wildman–Crippen MR) is 48.8 cm³/mol. The summed E-state index contributed by atoms with van der Waals surface area (Å²) < 4.78 is 5.12. The van der Waals surface area contributed by atoms with Gasteiger partial charge in [0, 0.05) is 17.3 Å². The average Bonchev–Trinajstić information content (AvgIpc) is 2.04. The summed E-state index contributed by atoms with van der Waals surface area (Å²) in [7, 11) is 1.56. The summed E-state index contributed by atoms with van der Waals surface area (Å²) >= 11 is 0. The largest absolute Gasteiger partial charge is 0.496 e. The molecule has 0 bridgehead atoms. The third-order valence-electron chi connectivity index (χ3n) is 1.88. The van der Waals surface area contributed by atoms with E-state index in [1.807, 2.05) is 6.92 Å². The Bertz CT molecular complexity index is 348. The molecule has 2 N–H and O–H groups in total. The number of hydrogen-bond acceptors (Lipinski definition) is 3. The van der Waals surface area contributed by atoms with Gasteiger partial charge in [0.05, 0.1) is 7.11 Å². The third-order valence-corrected chi connectivity index (χ3v) is 1.88. The predicted octanol–water partition coefficient (Wildman–Crippen LogP) is 0.806. The highest BCUT2D eigenvalue weighted by atomic mass is 16.5. The molecular weight excluding hydrogens is 168 g/mol. The minimum absolute atomic E-state index is 0.266. The van der Waals surface area contributed by atoms with Crippen molar-refractivity contribution in [1.82, 2.24) is 4.98 Å². The quantitative estimate of drug-likeness (QED) is 0.732. The maximum absolute atomic E-state index is 10.9. The number of pyridine rings is 1. The molecule has 1 aromatic rings. The number of aryl methyl sites for hydroxylation is 1. The van der Waals surface area contributed by atoms with E-state index in [9.17, 15) is 4.79 Å². The summed E-state index contributed by atoms with van der Waals surface area (Å²) in [6.45, 7) is 3.63. The van der Waals surface area contributed by atoms with Crippen LogP contribution in [-0.4, -0.2) is 18.0 Å². The normalized spacial score (nSPS) is 9.77. The van der Waals surface area contributed by atoms with E-state index < -0.39 is 5.91 Å². The second-order valence-corrected chi connectivity index (χ2v) is 2.81. The lowest BCUT2D eigenvalue weighted by Crippen LogP contribution is -2.15. The zero-order valence-corrected chi connectivity index (χ0v) is 7.92. The van der Waals surface area contributed by atoms with Crippen LogP contribution in [0.2, 0.25) is 0 Å². The standard InChI is InChI=1S/C9H12N2O2/c1-5-4-11-7(9(10)12)6(2)8(5)13-3/h4H,1-3H3,(H2,10,12). The van der Waals surface area contributed by atoms with Crippen molar-refractivity contribution in [3.05, 3.63) is 23.0 Å². The molecule has 0 unspecified atom stereocenters. The maximum atomic E-state index is 10.9. The molecule has 0 aromatic carbocycles. The minimum atomic E-state index is -0.532. The van der Waals surface area contributed by atoms with Crippen LogP contribution < -0.4 is 10.5 Å². The first-order valence-electron chi connectivity index (χ1n) is 3.88. The smallest absolute Gasteiger partial charge is 0.267 e. The van der Waals surface area contributed by atoms with Crippen LogP contribution in [0, 0.1) is 13.8 Å². The van der Waals surface area contributed by atoms with Crippen molar-refractivity contribution in [2.45, 2.75) is 13.8 Å². The van der Waals surface area contributed by atoms with Gasteiger partial charge in [-0.15, -0.1) is 0 Å². The Morgan fingerprint density at radius 1 is 1.54 bits per heavy atom. The molecule has 0 radical (unpaired) electrons. The van der Waals surface area contributed by atoms with Crippen LogP contribution in [0.4, 0.5) is 0 Å². The van der Waals surface area contributed by atoms with Crippen LogP contribution in [0.1, 0.15) is 21.6 Å². The first kappa shape index (κ1) is 9.51. The third kappa shape index (κ3) is 1.61. The fraction of sp³-hybridized carbons (Fsp3) is 0.333. The average molecular weight is 180 g/mol. The molecule has 0 aliphatic carbocycles. The maximum Gasteiger partial charge on any atom is 0.267 e. The molecular formula is C9H12N2O2. The number of nitrogens with zero attached hydrogens (tertiary/aromatic N) is 1. The summed E-state index contributed by atoms with van der Waals surface area (Å²) in [6.07, 6.45) is 1.58. The zero-order valence-electron chi connectivity index (χ0n) is 7.92. The van der Waals surface area contributed by atoms with Crippen LogP contribution in [0.15, 0.2) is 6.20 Å². The highest BCUT2D eigenvalue weighted by molar-refractivity contribution is 5.92. The Hall–Kier alpha value is -1.58. The molecule has 1 amide bonds. The van der Waals surface area contributed by atoms with Crippen LogP contribution >= 0.6 is 0 Å². The Morgan fingerprint density at radius 2 is 2.15 bits per heavy atom. The van der Waals surface area contributed by atoms with Gasteiger partial charge in [-0.3, -0.25) is 9.78 Å². The van der Waals surface area contributed by atoms with Crippen molar-refractivity contribution in [2.75, 3.05) is 7.11 Å². The van der Waals surface area contributed by atoms with Gasteiger partial charge in [-0.1, -0.05) is 0 Å². The molecule has 4 nitrogen and oxygen atoms in total. The first-order chi connectivity index (χ1) is 6.07. The van der Waals surface area contributed by atoms with Gasteiger partial charge in [-0.25, -0.2) is 0 Å². The van der Waals surface area contributed by atoms with Crippen LogP contribution in [-0.2, 0) is 0 Å². The SMILES string of the molecule is COc1c(C)cnc(C(N)=O)c1C. The molecule has 70 valence electrons. The summed E-state index contributed by atoms with van der Waals surface area (Å²) in [5.41, 5.74) is 6.98. The van der Waals surface area contributed by atoms with Gasteiger partial charge < -0.3 is 10.5 Å². The minimum Gasteiger partial charge on any atom is -0.496 e. The van der Waals surface area contributed by atoms with Crippen LogP contribution in [0.25, 0.3) is 0 Å². The molecule has 0 aliphatic rings. The number of carbonyl (C=O) groups is 1. The van der Waals surface area contributed by atoms with Gasteiger partial charge in [0.15, 0.2) is 0 Å². The van der Waals surface area contributed by atoms with E-state index in [0.29, 0.717) is 11.3 Å². The highest BCUT2D eigenvalue weighted by Gasteiger charge is 2.12. The molecule has 0 aliphatic heterocycles. The number of carbonyl (C=O) groups excluding carboxylic acids is 1. The van der Waals surface area contributed by atoms with Gasteiger partial charge >= 0.3 is 0 Å². The van der Waals surface area contributed by atoms with Crippen LogP contribution in [0.3, 0.4) is 0 Å². The van der Waals surface area contributed by atoms with Crippen molar-refractivity contribution >= 4 is 5.91 Å². The second kappa shape index (κ2) is 3.43. The number of hydrogen-bond donors (Lipinski definition) is 1. The Kier molecular flexibility index (Phi) is 2.51. The molecule has 13 heavy (non-hydrogen) atoms. The zero-order chi connectivity index (χ0) is 10.0. The summed E-state index contributed by atoms with van der Waals surface area (Å²) in [5.74, 6) is 0.139. The second-order valence-electron chi connectivity index (χ2n) is 2.81. The Balaban J connectivity index is 3.35. The van der Waals surface area contributed by atoms with Gasteiger partial charge in [0.25, 0.3) is 5.91 Å². The molecule has 1 rings (SSSR count). The van der Waals surface area contributed by atoms with E-state index in [1.54, 1.807) is 20.2 Å². The molecule has 1 heterocycles. The van der Waals surface area contributed by atoms with E-state index in [1.165, 1.54) is 0 Å². The lowest BCUT2D eigenvalue weighted by Gasteiger charge is -2.09. The molecule has 1 aromatic heterocycles. The number of rotatable bonds is 2. The monoisotopic (exact) mass is 180 g/mol. The number of methoxy groups -OCH3 is 1. The summed E-state index contributed by atoms with van der Waals surface area (Å²) in [5, 5.41) is 0. The Morgan fingerprint density at radius 3 is 2.62 bits per heavy atom. The van der Waals surface area contributed by atoms with Gasteiger partial charge in [-0.2, -0.15) is 0 Å². The Labute approximate surface area is 76.7 Å². The van der Waals surface area contributed by atoms with Gasteiger partial charge in [0.1, 0.15) is 11.4 Å². The van der Waals surface area contributed by atoms with Crippen molar-refractivity contribution in [3.8, 4) is 5.75 Å². The van der Waals surface area contributed by atoms with Crippen molar-refractivity contribution in [1.29, 1.82) is 0 Å². The number of amides is 1. The lowest BCUT2D eigenvalue weighted by atomic mass is 10.1. The fourth-order valence-corrected chi connectivity index (χ4v) is 1.28. The van der Waals surface area contributed by atoms with E-state index in [4.69, 9.17) is 10.5 Å². The first-order valence-corrected chi connectivity index (χ1v) is 3.88. The van der Waals surface area contributed by atoms with Crippen molar-refractivity contribution in [3.63, 3.8) is 0 Å². The van der Waals surface area contributed by atoms with Gasteiger partial charge in [0.2, 0.25) is 0 Å². The lowest BCUT2D eigenvalue weighted by molar-refractivity contribution is 0.0994. The highest BCUT2D eigenvalue weighted by Crippen LogP contribution is 2.23. The molecule has 0 atom stereocenters. The topological polar surface area (TPSA) is 65.2 Å². The van der Waals surface area contributed by atoms with E-state index in [2.05, 4.69) is 4.98 Å². The number of primary amides is 1. The number of ether oxygens (including phenoxy) is 1. The molecule has 0 fully saturated rings. The molecule has 0 saturated heterocycles. The molecule has 4 heteroatoms. The van der Waals surface area contributed by atoms with Gasteiger partial charge in [-0.05, 0) is 13.8 Å². The van der Waals surface area contributed by atoms with Crippen LogP contribution in [0.5, 0.6) is 5.75 Å². The van der Waals surface area contributed by atoms with Crippen molar-refractivity contribution < 1.29 is 9.53 Å². The number of nitrogens with two attached hydrogens (primary N) is 1.